The quantitative estimate of drug-likeness (QED) is 0.606. The monoisotopic (exact) mass is 154 g/mol. The Morgan fingerprint density at radius 1 is 1.55 bits per heavy atom. The summed E-state index contributed by atoms with van der Waals surface area (Å²) in [5, 5.41) is 0. The molecule has 2 atom stereocenters. The highest BCUT2D eigenvalue weighted by Gasteiger charge is 2.43. The largest absolute Gasteiger partial charge is 0.338 e. The van der Waals surface area contributed by atoms with Gasteiger partial charge in [0.25, 0.3) is 0 Å². The highest BCUT2D eigenvalue weighted by atomic mass is 16.2. The molecule has 1 amide bonds. The fourth-order valence-electron chi connectivity index (χ4n) is 2.31. The van der Waals surface area contributed by atoms with Crippen molar-refractivity contribution in [3.8, 4) is 0 Å². The van der Waals surface area contributed by atoms with Crippen LogP contribution >= 0.6 is 0 Å². The minimum atomic E-state index is 0.353. The number of carbonyl (C=O) groups is 1. The highest BCUT2D eigenvalue weighted by molar-refractivity contribution is 5.82. The molecular formula is C8H14N2O. The molecule has 2 unspecified atom stereocenters. The van der Waals surface area contributed by atoms with Gasteiger partial charge in [-0.25, -0.2) is 0 Å². The smallest absolute Gasteiger partial charge is 0.226 e. The summed E-state index contributed by atoms with van der Waals surface area (Å²) in [4.78, 5) is 13.4. The number of amides is 1. The van der Waals surface area contributed by atoms with E-state index in [1.807, 2.05) is 4.90 Å². The van der Waals surface area contributed by atoms with Crippen LogP contribution in [0.15, 0.2) is 0 Å². The van der Waals surface area contributed by atoms with Crippen LogP contribution in [0.2, 0.25) is 0 Å². The molecule has 2 rings (SSSR count). The summed E-state index contributed by atoms with van der Waals surface area (Å²) in [6.07, 6.45) is 3.42. The minimum absolute atomic E-state index is 0.353. The Morgan fingerprint density at radius 2 is 2.36 bits per heavy atom. The van der Waals surface area contributed by atoms with E-state index >= 15 is 0 Å². The molecule has 2 aliphatic rings. The van der Waals surface area contributed by atoms with Crippen molar-refractivity contribution in [3.63, 3.8) is 0 Å². The second-order valence-electron chi connectivity index (χ2n) is 3.48. The van der Waals surface area contributed by atoms with Crippen LogP contribution in [0.5, 0.6) is 0 Å². The van der Waals surface area contributed by atoms with Crippen LogP contribution in [-0.4, -0.2) is 29.9 Å². The Hall–Kier alpha value is -0.570. The molecule has 0 aromatic heterocycles. The maximum absolute atomic E-state index is 11.4. The Kier molecular flexibility index (Phi) is 1.60. The molecule has 1 heterocycles. The van der Waals surface area contributed by atoms with Crippen molar-refractivity contribution in [2.75, 3.05) is 13.1 Å². The van der Waals surface area contributed by atoms with Crippen LogP contribution in [0.25, 0.3) is 0 Å². The number of fused-ring (bicyclic) bond motifs is 2. The van der Waals surface area contributed by atoms with Gasteiger partial charge in [-0.05, 0) is 19.3 Å². The first-order valence-electron chi connectivity index (χ1n) is 4.33. The normalized spacial score (nSPS) is 35.4. The summed E-state index contributed by atoms with van der Waals surface area (Å²) in [5.41, 5.74) is 5.41. The van der Waals surface area contributed by atoms with Gasteiger partial charge >= 0.3 is 0 Å². The molecule has 2 fully saturated rings. The maximum atomic E-state index is 11.4. The first kappa shape index (κ1) is 7.10. The molecule has 62 valence electrons. The average molecular weight is 154 g/mol. The molecule has 1 aliphatic heterocycles. The third-order valence-electron chi connectivity index (χ3n) is 2.85. The molecule has 1 saturated heterocycles. The van der Waals surface area contributed by atoms with E-state index in [4.69, 9.17) is 5.73 Å². The van der Waals surface area contributed by atoms with Crippen LogP contribution in [0.1, 0.15) is 19.3 Å². The highest BCUT2D eigenvalue weighted by Crippen LogP contribution is 2.37. The first-order chi connectivity index (χ1) is 5.33. The lowest BCUT2D eigenvalue weighted by molar-refractivity contribution is -0.133. The fourth-order valence-corrected chi connectivity index (χ4v) is 2.31. The number of nitrogens with two attached hydrogens (primary N) is 1. The van der Waals surface area contributed by atoms with Crippen LogP contribution in [0, 0.1) is 5.92 Å². The maximum Gasteiger partial charge on any atom is 0.226 e. The Morgan fingerprint density at radius 3 is 2.91 bits per heavy atom. The molecule has 11 heavy (non-hydrogen) atoms. The number of rotatable bonds is 2. The molecule has 1 aliphatic carbocycles. The van der Waals surface area contributed by atoms with Crippen molar-refractivity contribution in [1.29, 1.82) is 0 Å². The zero-order valence-electron chi connectivity index (χ0n) is 6.62. The summed E-state index contributed by atoms with van der Waals surface area (Å²) in [6, 6.07) is 0.538. The molecule has 1 saturated carbocycles. The van der Waals surface area contributed by atoms with Gasteiger partial charge in [0.05, 0.1) is 0 Å². The summed E-state index contributed by atoms with van der Waals surface area (Å²) in [7, 11) is 0. The van der Waals surface area contributed by atoms with E-state index < -0.39 is 0 Å². The standard InChI is InChI=1S/C8H14N2O/c9-3-4-10-7-2-1-6(5-7)8(10)11/h6-7H,1-5,9H2. The number of likely N-dealkylation sites (tertiary alicyclic amines) is 1. The van der Waals surface area contributed by atoms with Gasteiger partial charge in [-0.2, -0.15) is 0 Å². The lowest BCUT2D eigenvalue weighted by Gasteiger charge is -2.26. The minimum Gasteiger partial charge on any atom is -0.338 e. The van der Waals surface area contributed by atoms with Gasteiger partial charge in [0.15, 0.2) is 0 Å². The lowest BCUT2D eigenvalue weighted by atomic mass is 10.1. The van der Waals surface area contributed by atoms with Crippen molar-refractivity contribution in [3.05, 3.63) is 0 Å². The summed E-state index contributed by atoms with van der Waals surface area (Å²) >= 11 is 0. The molecule has 3 heteroatoms. The van der Waals surface area contributed by atoms with Gasteiger partial charge in [0.2, 0.25) is 5.91 Å². The van der Waals surface area contributed by atoms with Gasteiger partial charge < -0.3 is 10.6 Å². The van der Waals surface area contributed by atoms with E-state index in [0.29, 0.717) is 24.4 Å². The van der Waals surface area contributed by atoms with Gasteiger partial charge in [-0.3, -0.25) is 4.79 Å². The molecule has 0 radical (unpaired) electrons. The van der Waals surface area contributed by atoms with E-state index in [1.54, 1.807) is 0 Å². The zero-order valence-corrected chi connectivity index (χ0v) is 6.62. The van der Waals surface area contributed by atoms with Gasteiger partial charge in [0.1, 0.15) is 0 Å². The summed E-state index contributed by atoms with van der Waals surface area (Å²) in [5.74, 6) is 0.707. The molecule has 2 bridgehead atoms. The molecular weight excluding hydrogens is 140 g/mol. The van der Waals surface area contributed by atoms with Crippen molar-refractivity contribution < 1.29 is 4.79 Å². The first-order valence-corrected chi connectivity index (χ1v) is 4.33. The molecule has 0 aromatic rings. The van der Waals surface area contributed by atoms with Crippen LogP contribution < -0.4 is 5.73 Å². The lowest BCUT2D eigenvalue weighted by Crippen LogP contribution is -2.40. The van der Waals surface area contributed by atoms with Gasteiger partial charge in [0, 0.05) is 25.0 Å². The van der Waals surface area contributed by atoms with Crippen molar-refractivity contribution in [2.45, 2.75) is 25.3 Å². The Bertz CT molecular complexity index is 181. The number of hydrogen-bond donors (Lipinski definition) is 1. The van der Waals surface area contributed by atoms with Crippen molar-refractivity contribution >= 4 is 5.91 Å². The molecule has 0 aromatic carbocycles. The number of nitrogens with zero attached hydrogens (tertiary/aromatic N) is 1. The topological polar surface area (TPSA) is 46.3 Å². The van der Waals surface area contributed by atoms with Crippen LogP contribution in [0.3, 0.4) is 0 Å². The SMILES string of the molecule is NCCN1C(=O)C2CCC1C2. The summed E-state index contributed by atoms with van der Waals surface area (Å²) in [6.45, 7) is 1.37. The predicted molar refractivity (Wildman–Crippen MR) is 41.9 cm³/mol. The van der Waals surface area contributed by atoms with Gasteiger partial charge in [-0.15, -0.1) is 0 Å². The third kappa shape index (κ3) is 0.948. The second kappa shape index (κ2) is 2.48. The Labute approximate surface area is 66.5 Å². The average Bonchev–Trinajstić information content (AvgIpc) is 2.54. The Balaban J connectivity index is 2.05. The number of piperidine rings is 1. The van der Waals surface area contributed by atoms with Crippen LogP contribution in [0.4, 0.5) is 0 Å². The van der Waals surface area contributed by atoms with E-state index in [-0.39, 0.29) is 0 Å². The van der Waals surface area contributed by atoms with E-state index in [9.17, 15) is 4.79 Å². The molecule has 0 spiro atoms. The van der Waals surface area contributed by atoms with Crippen molar-refractivity contribution in [2.24, 2.45) is 11.7 Å². The van der Waals surface area contributed by atoms with Gasteiger partial charge in [-0.1, -0.05) is 0 Å². The van der Waals surface area contributed by atoms with E-state index in [0.717, 1.165) is 19.4 Å². The van der Waals surface area contributed by atoms with E-state index in [1.165, 1.54) is 6.42 Å². The van der Waals surface area contributed by atoms with Crippen molar-refractivity contribution in [1.82, 2.24) is 4.90 Å². The fraction of sp³-hybridized carbons (Fsp3) is 0.875. The zero-order chi connectivity index (χ0) is 7.84. The molecule has 2 N–H and O–H groups in total. The van der Waals surface area contributed by atoms with E-state index in [2.05, 4.69) is 0 Å². The second-order valence-corrected chi connectivity index (χ2v) is 3.48. The predicted octanol–water partition coefficient (Wildman–Crippen LogP) is -0.0440. The summed E-state index contributed by atoms with van der Waals surface area (Å²) < 4.78 is 0. The van der Waals surface area contributed by atoms with Crippen LogP contribution in [-0.2, 0) is 4.79 Å². The molecule has 3 nitrogen and oxygen atoms in total. The number of carbonyl (C=O) groups excluding carboxylic acids is 1. The third-order valence-corrected chi connectivity index (χ3v) is 2.85. The number of hydrogen-bond acceptors (Lipinski definition) is 2.